The molecular weight excluding hydrogens is 234 g/mol. The smallest absolute Gasteiger partial charge is 0.163 e. The molecule has 2 rings (SSSR count). The zero-order valence-electron chi connectivity index (χ0n) is 10.8. The second-order valence-electron chi connectivity index (χ2n) is 4.94. The maximum Gasteiger partial charge on any atom is 0.163 e. The Bertz CT molecular complexity index is 389. The largest absolute Gasteiger partial charge is 0.311 e. The lowest BCUT2D eigenvalue weighted by Crippen LogP contribution is -2.38. The summed E-state index contributed by atoms with van der Waals surface area (Å²) in [5.41, 5.74) is 0.392. The van der Waals surface area contributed by atoms with E-state index in [1.807, 2.05) is 0 Å². The van der Waals surface area contributed by atoms with Gasteiger partial charge in [-0.3, -0.25) is 4.90 Å². The van der Waals surface area contributed by atoms with Crippen molar-refractivity contribution in [2.45, 2.75) is 32.4 Å². The third-order valence-electron chi connectivity index (χ3n) is 3.55. The van der Waals surface area contributed by atoms with Gasteiger partial charge in [-0.1, -0.05) is 12.1 Å². The molecule has 1 heterocycles. The predicted molar refractivity (Wildman–Crippen MR) is 68.3 cm³/mol. The van der Waals surface area contributed by atoms with Crippen LogP contribution in [0.4, 0.5) is 8.78 Å². The predicted octanol–water partition coefficient (Wildman–Crippen LogP) is 2.54. The van der Waals surface area contributed by atoms with Crippen molar-refractivity contribution >= 4 is 0 Å². The van der Waals surface area contributed by atoms with Gasteiger partial charge in [0, 0.05) is 24.7 Å². The van der Waals surface area contributed by atoms with Gasteiger partial charge in [-0.05, 0) is 38.9 Å². The zero-order chi connectivity index (χ0) is 13.0. The van der Waals surface area contributed by atoms with Gasteiger partial charge in [0.15, 0.2) is 11.6 Å². The molecule has 0 aliphatic carbocycles. The number of likely N-dealkylation sites (tertiary alicyclic amines) is 1. The minimum Gasteiger partial charge on any atom is -0.311 e. The molecule has 1 aromatic rings. The normalized spacial score (nSPS) is 18.2. The van der Waals surface area contributed by atoms with Crippen LogP contribution >= 0.6 is 0 Å². The average molecular weight is 254 g/mol. The van der Waals surface area contributed by atoms with Crippen LogP contribution in [0, 0.1) is 11.6 Å². The van der Waals surface area contributed by atoms with Gasteiger partial charge in [0.05, 0.1) is 0 Å². The summed E-state index contributed by atoms with van der Waals surface area (Å²) in [4.78, 5) is 2.43. The van der Waals surface area contributed by atoms with Crippen LogP contribution in [0.3, 0.4) is 0 Å². The highest BCUT2D eigenvalue weighted by Gasteiger charge is 2.17. The first kappa shape index (κ1) is 13.4. The van der Waals surface area contributed by atoms with Crippen LogP contribution in [-0.4, -0.2) is 30.6 Å². The van der Waals surface area contributed by atoms with Gasteiger partial charge in [-0.2, -0.15) is 0 Å². The fourth-order valence-corrected chi connectivity index (χ4v) is 2.41. The SMILES string of the molecule is CC(CNCc1cccc(F)c1F)N1CCCC1. The lowest BCUT2D eigenvalue weighted by atomic mass is 10.2. The Morgan fingerprint density at radius 3 is 2.72 bits per heavy atom. The molecule has 4 heteroatoms. The lowest BCUT2D eigenvalue weighted by molar-refractivity contribution is 0.251. The van der Waals surface area contributed by atoms with Crippen LogP contribution < -0.4 is 5.32 Å². The molecule has 1 unspecified atom stereocenters. The molecule has 1 aliphatic rings. The standard InChI is InChI=1S/C14H20F2N2/c1-11(18-7-2-3-8-18)9-17-10-12-5-4-6-13(15)14(12)16/h4-6,11,17H,2-3,7-10H2,1H3. The van der Waals surface area contributed by atoms with Gasteiger partial charge in [0.2, 0.25) is 0 Å². The van der Waals surface area contributed by atoms with E-state index in [2.05, 4.69) is 17.1 Å². The minimum atomic E-state index is -0.776. The highest BCUT2D eigenvalue weighted by molar-refractivity contribution is 5.18. The van der Waals surface area contributed by atoms with Crippen molar-refractivity contribution in [3.8, 4) is 0 Å². The molecule has 0 aromatic heterocycles. The summed E-state index contributed by atoms with van der Waals surface area (Å²) >= 11 is 0. The van der Waals surface area contributed by atoms with Gasteiger partial charge in [0.1, 0.15) is 0 Å². The van der Waals surface area contributed by atoms with E-state index in [1.54, 1.807) is 12.1 Å². The summed E-state index contributed by atoms with van der Waals surface area (Å²) < 4.78 is 26.4. The van der Waals surface area contributed by atoms with Crippen molar-refractivity contribution in [2.75, 3.05) is 19.6 Å². The van der Waals surface area contributed by atoms with Crippen molar-refractivity contribution in [1.82, 2.24) is 10.2 Å². The Morgan fingerprint density at radius 1 is 1.28 bits per heavy atom. The van der Waals surface area contributed by atoms with E-state index in [1.165, 1.54) is 12.8 Å². The molecule has 2 nitrogen and oxygen atoms in total. The number of benzene rings is 1. The summed E-state index contributed by atoms with van der Waals surface area (Å²) in [6.07, 6.45) is 2.53. The molecule has 18 heavy (non-hydrogen) atoms. The Balaban J connectivity index is 1.79. The molecule has 0 saturated carbocycles. The van der Waals surface area contributed by atoms with E-state index in [0.717, 1.165) is 25.7 Å². The number of hydrogen-bond acceptors (Lipinski definition) is 2. The highest BCUT2D eigenvalue weighted by Crippen LogP contribution is 2.12. The van der Waals surface area contributed by atoms with Crippen molar-refractivity contribution in [2.24, 2.45) is 0 Å². The molecule has 1 aliphatic heterocycles. The molecule has 1 atom stereocenters. The molecule has 1 N–H and O–H groups in total. The first-order valence-corrected chi connectivity index (χ1v) is 6.56. The van der Waals surface area contributed by atoms with Crippen molar-refractivity contribution in [3.05, 3.63) is 35.4 Å². The van der Waals surface area contributed by atoms with Gasteiger partial charge >= 0.3 is 0 Å². The number of nitrogens with one attached hydrogen (secondary N) is 1. The van der Waals surface area contributed by atoms with Crippen LogP contribution in [0.25, 0.3) is 0 Å². The third-order valence-corrected chi connectivity index (χ3v) is 3.55. The van der Waals surface area contributed by atoms with E-state index >= 15 is 0 Å². The zero-order valence-corrected chi connectivity index (χ0v) is 10.8. The molecule has 0 amide bonds. The maximum absolute atomic E-state index is 13.4. The molecule has 0 spiro atoms. The van der Waals surface area contributed by atoms with Crippen molar-refractivity contribution in [1.29, 1.82) is 0 Å². The monoisotopic (exact) mass is 254 g/mol. The van der Waals surface area contributed by atoms with Crippen LogP contribution in [0.2, 0.25) is 0 Å². The second-order valence-corrected chi connectivity index (χ2v) is 4.94. The van der Waals surface area contributed by atoms with Crippen LogP contribution in [0.1, 0.15) is 25.3 Å². The second kappa shape index (κ2) is 6.25. The Morgan fingerprint density at radius 2 is 2.00 bits per heavy atom. The van der Waals surface area contributed by atoms with Gasteiger partial charge < -0.3 is 5.32 Å². The summed E-state index contributed by atoms with van der Waals surface area (Å²) in [6, 6.07) is 4.75. The van der Waals surface area contributed by atoms with Gasteiger partial charge in [0.25, 0.3) is 0 Å². The van der Waals surface area contributed by atoms with Crippen molar-refractivity contribution in [3.63, 3.8) is 0 Å². The van der Waals surface area contributed by atoms with Crippen LogP contribution in [0.5, 0.6) is 0 Å². The van der Waals surface area contributed by atoms with E-state index in [-0.39, 0.29) is 0 Å². The number of rotatable bonds is 5. The fourth-order valence-electron chi connectivity index (χ4n) is 2.41. The van der Waals surface area contributed by atoms with Gasteiger partial charge in [-0.25, -0.2) is 8.78 Å². The molecule has 1 fully saturated rings. The summed E-state index contributed by atoms with van der Waals surface area (Å²) in [5, 5.41) is 3.20. The van der Waals surface area contributed by atoms with Crippen LogP contribution in [0.15, 0.2) is 18.2 Å². The average Bonchev–Trinajstić information content (AvgIpc) is 2.88. The van der Waals surface area contributed by atoms with E-state index in [9.17, 15) is 8.78 Å². The molecule has 100 valence electrons. The Hall–Kier alpha value is -1.00. The Labute approximate surface area is 107 Å². The summed E-state index contributed by atoms with van der Waals surface area (Å²) in [5.74, 6) is -1.51. The van der Waals surface area contributed by atoms with E-state index in [4.69, 9.17) is 0 Å². The lowest BCUT2D eigenvalue weighted by Gasteiger charge is -2.24. The van der Waals surface area contributed by atoms with E-state index < -0.39 is 11.6 Å². The first-order chi connectivity index (χ1) is 8.68. The minimum absolute atomic E-state index is 0.377. The topological polar surface area (TPSA) is 15.3 Å². The molecule has 0 bridgehead atoms. The van der Waals surface area contributed by atoms with Crippen LogP contribution in [-0.2, 0) is 6.54 Å². The molecular formula is C14H20F2N2. The number of nitrogens with zero attached hydrogens (tertiary/aromatic N) is 1. The number of halogens is 2. The summed E-state index contributed by atoms with van der Waals surface area (Å²) in [6.45, 7) is 5.65. The third kappa shape index (κ3) is 3.27. The van der Waals surface area contributed by atoms with E-state index in [0.29, 0.717) is 18.2 Å². The molecule has 1 aromatic carbocycles. The fraction of sp³-hybridized carbons (Fsp3) is 0.571. The highest BCUT2D eigenvalue weighted by atomic mass is 19.2. The van der Waals surface area contributed by atoms with Crippen molar-refractivity contribution < 1.29 is 8.78 Å². The first-order valence-electron chi connectivity index (χ1n) is 6.56. The number of hydrogen-bond donors (Lipinski definition) is 1. The summed E-state index contributed by atoms with van der Waals surface area (Å²) in [7, 11) is 0. The molecule has 1 saturated heterocycles. The van der Waals surface area contributed by atoms with Gasteiger partial charge in [-0.15, -0.1) is 0 Å². The quantitative estimate of drug-likeness (QED) is 0.868. The Kier molecular flexibility index (Phi) is 4.66. The maximum atomic E-state index is 13.4. The molecule has 0 radical (unpaired) electrons.